The highest BCUT2D eigenvalue weighted by Gasteiger charge is 2.32. The van der Waals surface area contributed by atoms with Gasteiger partial charge in [0.2, 0.25) is 5.82 Å². The van der Waals surface area contributed by atoms with Crippen molar-refractivity contribution >= 4 is 23.2 Å². The zero-order valence-corrected chi connectivity index (χ0v) is 13.1. The molecule has 0 atom stereocenters. The van der Waals surface area contributed by atoms with Gasteiger partial charge >= 0.3 is 6.18 Å². The van der Waals surface area contributed by atoms with Gasteiger partial charge in [0.15, 0.2) is 0 Å². The number of phenols is 1. The Balaban J connectivity index is 2.05. The number of rotatable bonds is 2. The maximum atomic E-state index is 12.8. The fourth-order valence-electron chi connectivity index (χ4n) is 2.00. The molecular weight excluding hydrogens is 368 g/mol. The molecule has 4 nitrogen and oxygen atoms in total. The Morgan fingerprint density at radius 1 is 1.00 bits per heavy atom. The van der Waals surface area contributed by atoms with Crippen LogP contribution in [0.25, 0.3) is 22.8 Å². The first kappa shape index (κ1) is 16.6. The van der Waals surface area contributed by atoms with E-state index >= 15 is 0 Å². The maximum absolute atomic E-state index is 12.8. The van der Waals surface area contributed by atoms with Gasteiger partial charge in [0, 0.05) is 10.6 Å². The second-order valence-electron chi connectivity index (χ2n) is 4.78. The zero-order valence-electron chi connectivity index (χ0n) is 11.6. The quantitative estimate of drug-likeness (QED) is 0.649. The lowest BCUT2D eigenvalue weighted by atomic mass is 10.1. The standard InChI is InChI=1S/C15H7Cl2F3N2O2/c16-8-2-3-9(11(17)6-8)13-21-14(24-22-13)10-5-7(15(18,19)20)1-4-12(10)23/h1-6,23H. The maximum Gasteiger partial charge on any atom is 0.416 e. The molecule has 0 fully saturated rings. The molecule has 9 heteroatoms. The van der Waals surface area contributed by atoms with E-state index in [1.807, 2.05) is 0 Å². The van der Waals surface area contributed by atoms with Gasteiger partial charge in [-0.1, -0.05) is 28.4 Å². The van der Waals surface area contributed by atoms with E-state index < -0.39 is 17.5 Å². The molecule has 0 radical (unpaired) electrons. The van der Waals surface area contributed by atoms with Crippen LogP contribution in [-0.4, -0.2) is 15.2 Å². The van der Waals surface area contributed by atoms with E-state index in [1.54, 1.807) is 12.1 Å². The van der Waals surface area contributed by atoms with Gasteiger partial charge in [0.1, 0.15) is 5.75 Å². The summed E-state index contributed by atoms with van der Waals surface area (Å²) in [5.41, 5.74) is -0.782. The highest BCUT2D eigenvalue weighted by molar-refractivity contribution is 6.36. The highest BCUT2D eigenvalue weighted by Crippen LogP contribution is 2.37. The Morgan fingerprint density at radius 3 is 2.42 bits per heavy atom. The number of benzene rings is 2. The lowest BCUT2D eigenvalue weighted by molar-refractivity contribution is -0.137. The minimum atomic E-state index is -4.56. The van der Waals surface area contributed by atoms with Gasteiger partial charge in [-0.3, -0.25) is 0 Å². The number of halogens is 5. The van der Waals surface area contributed by atoms with Crippen molar-refractivity contribution in [1.29, 1.82) is 0 Å². The zero-order chi connectivity index (χ0) is 17.5. The molecule has 1 heterocycles. The summed E-state index contributed by atoms with van der Waals surface area (Å²) in [5.74, 6) is -0.622. The topological polar surface area (TPSA) is 59.2 Å². The Labute approximate surface area is 143 Å². The predicted octanol–water partition coefficient (Wildman–Crippen LogP) is 5.43. The third kappa shape index (κ3) is 3.18. The van der Waals surface area contributed by atoms with Crippen molar-refractivity contribution in [2.75, 3.05) is 0 Å². The molecule has 3 rings (SSSR count). The Kier molecular flexibility index (Phi) is 4.15. The first-order valence-corrected chi connectivity index (χ1v) is 7.21. The second-order valence-corrected chi connectivity index (χ2v) is 5.62. The summed E-state index contributed by atoms with van der Waals surface area (Å²) >= 11 is 11.8. The van der Waals surface area contributed by atoms with Crippen LogP contribution < -0.4 is 0 Å². The number of phenolic OH excluding ortho intramolecular Hbond substituents is 1. The molecule has 0 saturated carbocycles. The lowest BCUT2D eigenvalue weighted by Crippen LogP contribution is -2.04. The summed E-state index contributed by atoms with van der Waals surface area (Å²) in [7, 11) is 0. The fourth-order valence-corrected chi connectivity index (χ4v) is 2.49. The number of nitrogens with zero attached hydrogens (tertiary/aromatic N) is 2. The van der Waals surface area contributed by atoms with E-state index in [-0.39, 0.29) is 22.3 Å². The number of aromatic nitrogens is 2. The summed E-state index contributed by atoms with van der Waals surface area (Å²) in [4.78, 5) is 3.99. The molecule has 0 bridgehead atoms. The van der Waals surface area contributed by atoms with Gasteiger partial charge in [-0.2, -0.15) is 18.2 Å². The number of aromatic hydroxyl groups is 1. The molecular formula is C15H7Cl2F3N2O2. The third-order valence-corrected chi connectivity index (χ3v) is 3.70. The highest BCUT2D eigenvalue weighted by atomic mass is 35.5. The smallest absolute Gasteiger partial charge is 0.416 e. The molecule has 0 spiro atoms. The summed E-state index contributed by atoms with van der Waals surface area (Å²) in [6.45, 7) is 0. The van der Waals surface area contributed by atoms with Crippen molar-refractivity contribution in [3.63, 3.8) is 0 Å². The van der Waals surface area contributed by atoms with Gasteiger partial charge < -0.3 is 9.63 Å². The minimum absolute atomic E-state index is 0.0588. The molecule has 1 N–H and O–H groups in total. The molecule has 0 aliphatic carbocycles. The molecule has 1 aromatic heterocycles. The van der Waals surface area contributed by atoms with Crippen LogP contribution >= 0.6 is 23.2 Å². The van der Waals surface area contributed by atoms with Crippen molar-refractivity contribution in [3.05, 3.63) is 52.0 Å². The molecule has 0 aliphatic heterocycles. The normalized spacial score (nSPS) is 11.7. The number of hydrogen-bond acceptors (Lipinski definition) is 4. The van der Waals surface area contributed by atoms with Crippen molar-refractivity contribution in [3.8, 4) is 28.6 Å². The minimum Gasteiger partial charge on any atom is -0.507 e. The average molecular weight is 375 g/mol. The number of alkyl halides is 3. The molecule has 0 unspecified atom stereocenters. The van der Waals surface area contributed by atoms with Crippen molar-refractivity contribution in [1.82, 2.24) is 10.1 Å². The Bertz CT molecular complexity index is 910. The largest absolute Gasteiger partial charge is 0.507 e. The average Bonchev–Trinajstić information content (AvgIpc) is 2.95. The van der Waals surface area contributed by atoms with Crippen LogP contribution in [0.2, 0.25) is 10.0 Å². The van der Waals surface area contributed by atoms with E-state index in [9.17, 15) is 18.3 Å². The van der Waals surface area contributed by atoms with E-state index in [1.165, 1.54) is 6.07 Å². The van der Waals surface area contributed by atoms with Crippen LogP contribution in [0.1, 0.15) is 5.56 Å². The first-order valence-electron chi connectivity index (χ1n) is 6.45. The summed E-state index contributed by atoms with van der Waals surface area (Å²) in [6, 6.07) is 6.97. The van der Waals surface area contributed by atoms with Crippen LogP contribution in [0.4, 0.5) is 13.2 Å². The summed E-state index contributed by atoms with van der Waals surface area (Å²) in [5, 5.41) is 14.1. The Hall–Kier alpha value is -2.25. The van der Waals surface area contributed by atoms with Crippen molar-refractivity contribution in [2.45, 2.75) is 6.18 Å². The van der Waals surface area contributed by atoms with E-state index in [2.05, 4.69) is 10.1 Å². The summed E-state index contributed by atoms with van der Waals surface area (Å²) < 4.78 is 43.4. The second kappa shape index (κ2) is 5.99. The summed E-state index contributed by atoms with van der Waals surface area (Å²) in [6.07, 6.45) is -4.56. The third-order valence-electron chi connectivity index (χ3n) is 3.15. The van der Waals surface area contributed by atoms with Gasteiger partial charge in [-0.15, -0.1) is 0 Å². The van der Waals surface area contributed by atoms with E-state index in [0.717, 1.165) is 18.2 Å². The lowest BCUT2D eigenvalue weighted by Gasteiger charge is -2.08. The Morgan fingerprint density at radius 2 is 1.75 bits per heavy atom. The van der Waals surface area contributed by atoms with Gasteiger partial charge in [0.25, 0.3) is 5.89 Å². The first-order chi connectivity index (χ1) is 11.3. The molecule has 0 saturated heterocycles. The predicted molar refractivity (Wildman–Crippen MR) is 81.9 cm³/mol. The molecule has 124 valence electrons. The molecule has 0 amide bonds. The fraction of sp³-hybridized carbons (Fsp3) is 0.0667. The van der Waals surface area contributed by atoms with Crippen molar-refractivity contribution < 1.29 is 22.8 Å². The van der Waals surface area contributed by atoms with E-state index in [0.29, 0.717) is 10.6 Å². The van der Waals surface area contributed by atoms with Gasteiger partial charge in [-0.25, -0.2) is 0 Å². The SMILES string of the molecule is Oc1ccc(C(F)(F)F)cc1-c1nc(-c2ccc(Cl)cc2Cl)no1. The van der Waals surface area contributed by atoms with Crippen LogP contribution in [-0.2, 0) is 6.18 Å². The molecule has 3 aromatic rings. The van der Waals surface area contributed by atoms with Crippen LogP contribution in [0.3, 0.4) is 0 Å². The van der Waals surface area contributed by atoms with E-state index in [4.69, 9.17) is 27.7 Å². The van der Waals surface area contributed by atoms with Gasteiger partial charge in [0.05, 0.1) is 16.1 Å². The molecule has 2 aromatic carbocycles. The van der Waals surface area contributed by atoms with Crippen molar-refractivity contribution in [2.24, 2.45) is 0 Å². The molecule has 24 heavy (non-hydrogen) atoms. The number of hydrogen-bond donors (Lipinski definition) is 1. The van der Waals surface area contributed by atoms with Crippen LogP contribution in [0.15, 0.2) is 40.9 Å². The van der Waals surface area contributed by atoms with Crippen LogP contribution in [0, 0.1) is 0 Å². The van der Waals surface area contributed by atoms with Gasteiger partial charge in [-0.05, 0) is 36.4 Å². The van der Waals surface area contributed by atoms with Crippen LogP contribution in [0.5, 0.6) is 5.75 Å². The molecule has 0 aliphatic rings. The monoisotopic (exact) mass is 374 g/mol.